The summed E-state index contributed by atoms with van der Waals surface area (Å²) in [5.74, 6) is 0.139. The van der Waals surface area contributed by atoms with Gasteiger partial charge in [0.15, 0.2) is 0 Å². The average molecular weight is 321 g/mol. The van der Waals surface area contributed by atoms with E-state index < -0.39 is 0 Å². The minimum Gasteiger partial charge on any atom is -0.379 e. The van der Waals surface area contributed by atoms with Crippen LogP contribution in [0.25, 0.3) is 0 Å². The van der Waals surface area contributed by atoms with Crippen molar-refractivity contribution in [1.29, 1.82) is 0 Å². The van der Waals surface area contributed by atoms with Crippen molar-refractivity contribution in [2.75, 3.05) is 26.4 Å². The Bertz CT molecular complexity index is 477. The second kappa shape index (κ2) is 7.99. The number of nitrogens with one attached hydrogen (secondary N) is 1. The number of thioether (sulfide) groups is 1. The minimum absolute atomic E-state index is 0.0187. The summed E-state index contributed by atoms with van der Waals surface area (Å²) in [4.78, 5) is 13.4. The van der Waals surface area contributed by atoms with Crippen LogP contribution in [0.5, 0.6) is 0 Å². The summed E-state index contributed by atoms with van der Waals surface area (Å²) in [6, 6.07) is 8.25. The molecule has 1 saturated heterocycles. The Balaban J connectivity index is 1.27. The molecule has 1 aromatic carbocycles. The standard InChI is InChI=1S/C17H23NO3S/c19-17(16-11-13-5-1-2-7-15(13)22-16)18-8-4-9-20-12-14-6-3-10-21-14/h1-2,5,7,14,16H,3-4,6,8-12H2,(H,18,19)/t14-,16+/m1/s1. The highest BCUT2D eigenvalue weighted by Crippen LogP contribution is 2.36. The van der Waals surface area contributed by atoms with Gasteiger partial charge in [-0.1, -0.05) is 18.2 Å². The molecule has 2 aliphatic heterocycles. The molecule has 0 spiro atoms. The second-order valence-electron chi connectivity index (χ2n) is 5.77. The third-order valence-corrected chi connectivity index (χ3v) is 5.35. The molecular weight excluding hydrogens is 298 g/mol. The molecule has 2 aliphatic rings. The first kappa shape index (κ1) is 15.8. The first-order valence-electron chi connectivity index (χ1n) is 8.04. The van der Waals surface area contributed by atoms with Crippen LogP contribution in [0.2, 0.25) is 0 Å². The number of hydrogen-bond donors (Lipinski definition) is 1. The molecule has 0 aliphatic carbocycles. The van der Waals surface area contributed by atoms with Gasteiger partial charge in [0, 0.05) is 24.7 Å². The van der Waals surface area contributed by atoms with E-state index >= 15 is 0 Å². The first-order valence-corrected chi connectivity index (χ1v) is 8.92. The van der Waals surface area contributed by atoms with Crippen molar-refractivity contribution in [3.63, 3.8) is 0 Å². The van der Waals surface area contributed by atoms with Crippen LogP contribution in [0.1, 0.15) is 24.8 Å². The number of amides is 1. The van der Waals surface area contributed by atoms with Gasteiger partial charge in [0.05, 0.1) is 18.0 Å². The first-order chi connectivity index (χ1) is 10.8. The smallest absolute Gasteiger partial charge is 0.233 e. The van der Waals surface area contributed by atoms with Gasteiger partial charge >= 0.3 is 0 Å². The predicted octanol–water partition coefficient (Wildman–Crippen LogP) is 2.41. The van der Waals surface area contributed by atoms with Gasteiger partial charge in [-0.15, -0.1) is 11.8 Å². The largest absolute Gasteiger partial charge is 0.379 e. The highest BCUT2D eigenvalue weighted by Gasteiger charge is 2.27. The van der Waals surface area contributed by atoms with E-state index in [-0.39, 0.29) is 17.3 Å². The second-order valence-corrected chi connectivity index (χ2v) is 7.02. The molecule has 0 bridgehead atoms. The number of benzene rings is 1. The molecule has 0 unspecified atom stereocenters. The summed E-state index contributed by atoms with van der Waals surface area (Å²) in [7, 11) is 0. The number of hydrogen-bond acceptors (Lipinski definition) is 4. The van der Waals surface area contributed by atoms with Gasteiger partial charge in [-0.2, -0.15) is 0 Å². The van der Waals surface area contributed by atoms with Crippen molar-refractivity contribution >= 4 is 17.7 Å². The number of carbonyl (C=O) groups excluding carboxylic acids is 1. The highest BCUT2D eigenvalue weighted by atomic mass is 32.2. The van der Waals surface area contributed by atoms with Crippen molar-refractivity contribution in [1.82, 2.24) is 5.32 Å². The van der Waals surface area contributed by atoms with Gasteiger partial charge in [0.2, 0.25) is 5.91 Å². The van der Waals surface area contributed by atoms with Crippen LogP contribution >= 0.6 is 11.8 Å². The van der Waals surface area contributed by atoms with Crippen LogP contribution in [0.15, 0.2) is 29.2 Å². The maximum absolute atomic E-state index is 12.2. The summed E-state index contributed by atoms with van der Waals surface area (Å²) in [6.07, 6.45) is 4.22. The van der Waals surface area contributed by atoms with E-state index in [0.29, 0.717) is 19.8 Å². The van der Waals surface area contributed by atoms with Gasteiger partial charge in [-0.05, 0) is 37.3 Å². The Morgan fingerprint density at radius 1 is 1.41 bits per heavy atom. The Morgan fingerprint density at radius 2 is 2.32 bits per heavy atom. The Kier molecular flexibility index (Phi) is 5.76. The van der Waals surface area contributed by atoms with Crippen molar-refractivity contribution in [3.05, 3.63) is 29.8 Å². The lowest BCUT2D eigenvalue weighted by atomic mass is 10.1. The van der Waals surface area contributed by atoms with Crippen molar-refractivity contribution in [2.24, 2.45) is 0 Å². The maximum Gasteiger partial charge on any atom is 0.233 e. The van der Waals surface area contributed by atoms with Crippen molar-refractivity contribution < 1.29 is 14.3 Å². The minimum atomic E-state index is 0.0187. The molecule has 1 aromatic rings. The molecule has 0 saturated carbocycles. The third-order valence-electron chi connectivity index (χ3n) is 4.03. The molecule has 1 amide bonds. The lowest BCUT2D eigenvalue weighted by Crippen LogP contribution is -2.33. The molecule has 3 rings (SSSR count). The SMILES string of the molecule is O=C(NCCCOC[C@H]1CCCO1)[C@@H]1Cc2ccccc2S1. The molecule has 120 valence electrons. The Labute approximate surface area is 135 Å². The van der Waals surface area contributed by atoms with Crippen LogP contribution in [0.3, 0.4) is 0 Å². The fourth-order valence-electron chi connectivity index (χ4n) is 2.82. The van der Waals surface area contributed by atoms with Crippen LogP contribution in [0.4, 0.5) is 0 Å². The molecule has 4 nitrogen and oxygen atoms in total. The Morgan fingerprint density at radius 3 is 3.14 bits per heavy atom. The summed E-state index contributed by atoms with van der Waals surface area (Å²) in [5.41, 5.74) is 1.28. The third kappa shape index (κ3) is 4.24. The van der Waals surface area contributed by atoms with E-state index in [1.165, 1.54) is 10.5 Å². The summed E-state index contributed by atoms with van der Waals surface area (Å²) >= 11 is 1.67. The fourth-order valence-corrected chi connectivity index (χ4v) is 4.04. The van der Waals surface area contributed by atoms with Crippen LogP contribution < -0.4 is 5.32 Å². The number of ether oxygens (including phenoxy) is 2. The topological polar surface area (TPSA) is 47.6 Å². The molecule has 1 fully saturated rings. The maximum atomic E-state index is 12.2. The van der Waals surface area contributed by atoms with Crippen molar-refractivity contribution in [3.8, 4) is 0 Å². The van der Waals surface area contributed by atoms with Gasteiger partial charge in [0.1, 0.15) is 0 Å². The fraction of sp³-hybridized carbons (Fsp3) is 0.588. The molecule has 2 atom stereocenters. The summed E-state index contributed by atoms with van der Waals surface area (Å²) < 4.78 is 11.1. The zero-order valence-electron chi connectivity index (χ0n) is 12.8. The molecule has 1 N–H and O–H groups in total. The predicted molar refractivity (Wildman–Crippen MR) is 87.2 cm³/mol. The van der Waals surface area contributed by atoms with E-state index in [9.17, 15) is 4.79 Å². The summed E-state index contributed by atoms with van der Waals surface area (Å²) in [5, 5.41) is 3.04. The van der Waals surface area contributed by atoms with E-state index in [1.807, 2.05) is 12.1 Å². The number of carbonyl (C=O) groups is 1. The normalized spacial score (nSPS) is 23.5. The molecule has 0 aromatic heterocycles. The Hall–Kier alpha value is -1.04. The van der Waals surface area contributed by atoms with Gasteiger partial charge in [-0.3, -0.25) is 4.79 Å². The van der Waals surface area contributed by atoms with Crippen LogP contribution in [-0.2, 0) is 20.7 Å². The molecule has 5 heteroatoms. The monoisotopic (exact) mass is 321 g/mol. The van der Waals surface area contributed by atoms with Crippen molar-refractivity contribution in [2.45, 2.75) is 41.9 Å². The zero-order chi connectivity index (χ0) is 15.2. The lowest BCUT2D eigenvalue weighted by molar-refractivity contribution is -0.120. The quantitative estimate of drug-likeness (QED) is 0.784. The average Bonchev–Trinajstić information content (AvgIpc) is 3.19. The lowest BCUT2D eigenvalue weighted by Gasteiger charge is -2.11. The van der Waals surface area contributed by atoms with Gasteiger partial charge < -0.3 is 14.8 Å². The molecule has 22 heavy (non-hydrogen) atoms. The molecule has 2 heterocycles. The highest BCUT2D eigenvalue weighted by molar-refractivity contribution is 8.01. The summed E-state index contributed by atoms with van der Waals surface area (Å²) in [6.45, 7) is 2.91. The zero-order valence-corrected chi connectivity index (χ0v) is 13.6. The number of fused-ring (bicyclic) bond motifs is 1. The number of rotatable bonds is 7. The van der Waals surface area contributed by atoms with Crippen LogP contribution in [-0.4, -0.2) is 43.6 Å². The van der Waals surface area contributed by atoms with E-state index in [2.05, 4.69) is 17.4 Å². The molecule has 0 radical (unpaired) electrons. The van der Waals surface area contributed by atoms with E-state index in [4.69, 9.17) is 9.47 Å². The van der Waals surface area contributed by atoms with Crippen LogP contribution in [0, 0.1) is 0 Å². The molecular formula is C17H23NO3S. The van der Waals surface area contributed by atoms with E-state index in [0.717, 1.165) is 32.3 Å². The van der Waals surface area contributed by atoms with Gasteiger partial charge in [-0.25, -0.2) is 0 Å². The van der Waals surface area contributed by atoms with Gasteiger partial charge in [0.25, 0.3) is 0 Å². The van der Waals surface area contributed by atoms with E-state index in [1.54, 1.807) is 11.8 Å².